The average Bonchev–Trinajstić information content (AvgIpc) is 3.11. The summed E-state index contributed by atoms with van der Waals surface area (Å²) in [7, 11) is 0. The fraction of sp³-hybridized carbons (Fsp3) is 0.421. The third-order valence-corrected chi connectivity index (χ3v) is 4.45. The standard InChI is InChI=1S/C19H25NO3S/c1-3-10-22-19(21)18(20)17(4-2)23-16-7-5-14(6-8-16)12-15-9-11-24-13-15/h5-9,11,13,17-18H,3-4,10,12,20H2,1-2H3. The Bertz CT molecular complexity index is 610. The lowest BCUT2D eigenvalue weighted by Crippen LogP contribution is -2.45. The van der Waals surface area contributed by atoms with Crippen LogP contribution in [-0.4, -0.2) is 24.7 Å². The van der Waals surface area contributed by atoms with Gasteiger partial charge in [-0.15, -0.1) is 0 Å². The van der Waals surface area contributed by atoms with Gasteiger partial charge in [0.25, 0.3) is 0 Å². The molecule has 1 heterocycles. The Labute approximate surface area is 147 Å². The second-order valence-electron chi connectivity index (χ2n) is 5.71. The molecule has 0 fully saturated rings. The van der Waals surface area contributed by atoms with Crippen LogP contribution in [0.5, 0.6) is 5.75 Å². The van der Waals surface area contributed by atoms with E-state index in [0.29, 0.717) is 13.0 Å². The van der Waals surface area contributed by atoms with Crippen LogP contribution in [-0.2, 0) is 16.0 Å². The molecular weight excluding hydrogens is 322 g/mol. The highest BCUT2D eigenvalue weighted by molar-refractivity contribution is 7.07. The second kappa shape index (κ2) is 9.45. The second-order valence-corrected chi connectivity index (χ2v) is 6.49. The van der Waals surface area contributed by atoms with E-state index < -0.39 is 18.1 Å². The molecule has 1 aromatic heterocycles. The zero-order valence-corrected chi connectivity index (χ0v) is 15.1. The molecule has 0 radical (unpaired) electrons. The Balaban J connectivity index is 1.93. The molecule has 2 aromatic rings. The minimum atomic E-state index is -0.771. The predicted octanol–water partition coefficient (Wildman–Crippen LogP) is 3.78. The van der Waals surface area contributed by atoms with Crippen LogP contribution in [0, 0.1) is 0 Å². The monoisotopic (exact) mass is 347 g/mol. The van der Waals surface area contributed by atoms with Crippen molar-refractivity contribution in [2.45, 2.75) is 45.3 Å². The fourth-order valence-corrected chi connectivity index (χ4v) is 3.02. The summed E-state index contributed by atoms with van der Waals surface area (Å²) >= 11 is 1.70. The highest BCUT2D eigenvalue weighted by Gasteiger charge is 2.26. The number of esters is 1. The van der Waals surface area contributed by atoms with Gasteiger partial charge in [0.15, 0.2) is 0 Å². The Hall–Kier alpha value is -1.85. The van der Waals surface area contributed by atoms with Crippen LogP contribution in [0.2, 0.25) is 0 Å². The molecule has 0 saturated carbocycles. The summed E-state index contributed by atoms with van der Waals surface area (Å²) in [5.74, 6) is 0.312. The van der Waals surface area contributed by atoms with E-state index in [1.807, 2.05) is 38.1 Å². The first-order valence-electron chi connectivity index (χ1n) is 8.33. The quantitative estimate of drug-likeness (QED) is 0.701. The SMILES string of the molecule is CCCOC(=O)C(N)C(CC)Oc1ccc(Cc2ccsc2)cc1. The molecule has 2 rings (SSSR count). The highest BCUT2D eigenvalue weighted by atomic mass is 32.1. The van der Waals surface area contributed by atoms with Crippen LogP contribution >= 0.6 is 11.3 Å². The van der Waals surface area contributed by atoms with Crippen LogP contribution in [0.1, 0.15) is 37.8 Å². The van der Waals surface area contributed by atoms with Crippen molar-refractivity contribution in [1.82, 2.24) is 0 Å². The zero-order chi connectivity index (χ0) is 17.4. The minimum absolute atomic E-state index is 0.389. The predicted molar refractivity (Wildman–Crippen MR) is 97.5 cm³/mol. The summed E-state index contributed by atoms with van der Waals surface area (Å²) in [6.07, 6.45) is 1.93. The lowest BCUT2D eigenvalue weighted by molar-refractivity contribution is -0.147. The Morgan fingerprint density at radius 2 is 1.92 bits per heavy atom. The molecule has 4 nitrogen and oxygen atoms in total. The van der Waals surface area contributed by atoms with E-state index in [0.717, 1.165) is 18.6 Å². The number of hydrogen-bond donors (Lipinski definition) is 1. The summed E-state index contributed by atoms with van der Waals surface area (Å²) < 4.78 is 11.0. The lowest BCUT2D eigenvalue weighted by Gasteiger charge is -2.22. The van der Waals surface area contributed by atoms with Gasteiger partial charge in [-0.2, -0.15) is 11.3 Å². The third kappa shape index (κ3) is 5.35. The number of ether oxygens (including phenoxy) is 2. The molecule has 24 heavy (non-hydrogen) atoms. The summed E-state index contributed by atoms with van der Waals surface area (Å²) in [5.41, 5.74) is 8.51. The van der Waals surface area contributed by atoms with E-state index in [2.05, 4.69) is 16.8 Å². The van der Waals surface area contributed by atoms with Crippen molar-refractivity contribution >= 4 is 17.3 Å². The molecule has 0 aliphatic rings. The van der Waals surface area contributed by atoms with Crippen molar-refractivity contribution in [1.29, 1.82) is 0 Å². The van der Waals surface area contributed by atoms with Gasteiger partial charge in [-0.25, -0.2) is 0 Å². The molecule has 0 bridgehead atoms. The van der Waals surface area contributed by atoms with Gasteiger partial charge in [0.2, 0.25) is 0 Å². The molecule has 2 unspecified atom stereocenters. The maximum absolute atomic E-state index is 11.9. The van der Waals surface area contributed by atoms with E-state index in [-0.39, 0.29) is 0 Å². The molecular formula is C19H25NO3S. The molecule has 130 valence electrons. The Morgan fingerprint density at radius 3 is 2.50 bits per heavy atom. The van der Waals surface area contributed by atoms with Crippen LogP contribution < -0.4 is 10.5 Å². The molecule has 5 heteroatoms. The van der Waals surface area contributed by atoms with Crippen molar-refractivity contribution in [2.75, 3.05) is 6.61 Å². The van der Waals surface area contributed by atoms with Crippen LogP contribution in [0.3, 0.4) is 0 Å². The molecule has 0 spiro atoms. The topological polar surface area (TPSA) is 61.5 Å². The normalized spacial score (nSPS) is 13.3. The molecule has 2 atom stereocenters. The molecule has 0 aliphatic carbocycles. The molecule has 0 aliphatic heterocycles. The van der Waals surface area contributed by atoms with Gasteiger partial charge in [0.1, 0.15) is 17.9 Å². The maximum atomic E-state index is 11.9. The number of hydrogen-bond acceptors (Lipinski definition) is 5. The van der Waals surface area contributed by atoms with E-state index in [4.69, 9.17) is 15.2 Å². The van der Waals surface area contributed by atoms with Gasteiger partial charge in [-0.1, -0.05) is 26.0 Å². The van der Waals surface area contributed by atoms with Crippen LogP contribution in [0.25, 0.3) is 0 Å². The molecule has 0 saturated heterocycles. The fourth-order valence-electron chi connectivity index (χ4n) is 2.35. The zero-order valence-electron chi connectivity index (χ0n) is 14.2. The van der Waals surface area contributed by atoms with Crippen molar-refractivity contribution < 1.29 is 14.3 Å². The minimum Gasteiger partial charge on any atom is -0.488 e. The van der Waals surface area contributed by atoms with Gasteiger partial charge < -0.3 is 15.2 Å². The van der Waals surface area contributed by atoms with E-state index in [1.165, 1.54) is 11.1 Å². The number of rotatable bonds is 9. The summed E-state index contributed by atoms with van der Waals surface area (Å²) in [6, 6.07) is 9.29. The van der Waals surface area contributed by atoms with Gasteiger partial charge in [-0.05, 0) is 59.3 Å². The van der Waals surface area contributed by atoms with E-state index in [1.54, 1.807) is 11.3 Å². The van der Waals surface area contributed by atoms with Crippen molar-refractivity contribution in [2.24, 2.45) is 5.73 Å². The molecule has 1 aromatic carbocycles. The number of carbonyl (C=O) groups is 1. The third-order valence-electron chi connectivity index (χ3n) is 3.72. The average molecular weight is 347 g/mol. The smallest absolute Gasteiger partial charge is 0.326 e. The molecule has 2 N–H and O–H groups in total. The number of benzene rings is 1. The Morgan fingerprint density at radius 1 is 1.17 bits per heavy atom. The van der Waals surface area contributed by atoms with Gasteiger partial charge >= 0.3 is 5.97 Å². The van der Waals surface area contributed by atoms with Crippen molar-refractivity contribution in [3.63, 3.8) is 0 Å². The van der Waals surface area contributed by atoms with E-state index >= 15 is 0 Å². The highest BCUT2D eigenvalue weighted by Crippen LogP contribution is 2.19. The first-order valence-corrected chi connectivity index (χ1v) is 9.27. The molecule has 0 amide bonds. The first kappa shape index (κ1) is 18.5. The number of carbonyl (C=O) groups excluding carboxylic acids is 1. The number of thiophene rings is 1. The number of nitrogens with two attached hydrogens (primary N) is 1. The van der Waals surface area contributed by atoms with Gasteiger partial charge in [0.05, 0.1) is 6.61 Å². The summed E-state index contributed by atoms with van der Waals surface area (Å²) in [4.78, 5) is 11.9. The van der Waals surface area contributed by atoms with Crippen LogP contribution in [0.4, 0.5) is 0 Å². The van der Waals surface area contributed by atoms with E-state index in [9.17, 15) is 4.79 Å². The Kier molecular flexibility index (Phi) is 7.28. The van der Waals surface area contributed by atoms with Crippen LogP contribution in [0.15, 0.2) is 41.1 Å². The van der Waals surface area contributed by atoms with Crippen molar-refractivity contribution in [3.05, 3.63) is 52.2 Å². The van der Waals surface area contributed by atoms with Gasteiger partial charge in [-0.3, -0.25) is 4.79 Å². The largest absolute Gasteiger partial charge is 0.488 e. The van der Waals surface area contributed by atoms with Crippen molar-refractivity contribution in [3.8, 4) is 5.75 Å². The maximum Gasteiger partial charge on any atom is 0.326 e. The summed E-state index contributed by atoms with van der Waals surface area (Å²) in [6.45, 7) is 4.28. The lowest BCUT2D eigenvalue weighted by atomic mass is 10.1. The first-order chi connectivity index (χ1) is 11.6. The van der Waals surface area contributed by atoms with Gasteiger partial charge in [0, 0.05) is 0 Å². The summed E-state index contributed by atoms with van der Waals surface area (Å²) in [5, 5.41) is 4.23.